The number of nitrogens with zero attached hydrogens (tertiary/aromatic N) is 2. The maximum absolute atomic E-state index is 10.8. The molecule has 2 heterocycles. The van der Waals surface area contributed by atoms with Gasteiger partial charge in [0.1, 0.15) is 23.6 Å². The summed E-state index contributed by atoms with van der Waals surface area (Å²) in [5.74, 6) is 1.58. The highest BCUT2D eigenvalue weighted by atomic mass is 16.5. The summed E-state index contributed by atoms with van der Waals surface area (Å²) in [5.41, 5.74) is 3.97. The molecule has 3 aromatic rings. The van der Waals surface area contributed by atoms with E-state index in [1.54, 1.807) is 6.20 Å². The van der Waals surface area contributed by atoms with E-state index in [4.69, 9.17) is 4.74 Å². The van der Waals surface area contributed by atoms with Gasteiger partial charge in [-0.05, 0) is 61.2 Å². The van der Waals surface area contributed by atoms with Crippen molar-refractivity contribution in [1.29, 1.82) is 0 Å². The molecule has 1 fully saturated rings. The Balaban J connectivity index is 1.60. The number of likely N-dealkylation sites (tertiary alicyclic amines) is 1. The lowest BCUT2D eigenvalue weighted by molar-refractivity contribution is 0.304. The van der Waals surface area contributed by atoms with Crippen molar-refractivity contribution in [3.05, 3.63) is 65.4 Å². The molecule has 4 heteroatoms. The summed E-state index contributed by atoms with van der Waals surface area (Å²) in [5, 5.41) is 11.6. The quantitative estimate of drug-likeness (QED) is 0.639. The molecular formula is C24H28N2O2. The minimum absolute atomic E-state index is 0.274. The average Bonchev–Trinajstić information content (AvgIpc) is 3.22. The van der Waals surface area contributed by atoms with Crippen molar-refractivity contribution in [3.63, 3.8) is 0 Å². The van der Waals surface area contributed by atoms with Crippen LogP contribution in [0.1, 0.15) is 49.3 Å². The average molecular weight is 376 g/mol. The van der Waals surface area contributed by atoms with Crippen LogP contribution in [0.3, 0.4) is 0 Å². The van der Waals surface area contributed by atoms with Crippen LogP contribution < -0.4 is 4.74 Å². The van der Waals surface area contributed by atoms with E-state index in [-0.39, 0.29) is 5.75 Å². The highest BCUT2D eigenvalue weighted by Crippen LogP contribution is 2.36. The second-order valence-corrected chi connectivity index (χ2v) is 7.95. The van der Waals surface area contributed by atoms with Gasteiger partial charge in [-0.3, -0.25) is 9.88 Å². The number of ether oxygens (including phenoxy) is 1. The fraction of sp³-hybridized carbons (Fsp3) is 0.375. The number of fused-ring (bicyclic) bond motifs is 1. The molecule has 0 spiro atoms. The second-order valence-electron chi connectivity index (χ2n) is 7.95. The van der Waals surface area contributed by atoms with Crippen LogP contribution in [0.2, 0.25) is 0 Å². The summed E-state index contributed by atoms with van der Waals surface area (Å²) < 4.78 is 6.20. The van der Waals surface area contributed by atoms with Crippen LogP contribution in [-0.4, -0.2) is 28.1 Å². The van der Waals surface area contributed by atoms with E-state index < -0.39 is 0 Å². The highest BCUT2D eigenvalue weighted by molar-refractivity contribution is 5.91. The van der Waals surface area contributed by atoms with Crippen molar-refractivity contribution in [2.24, 2.45) is 0 Å². The minimum Gasteiger partial charge on any atom is -0.505 e. The Kier molecular flexibility index (Phi) is 5.49. The first-order valence-electron chi connectivity index (χ1n) is 10.2. The second kappa shape index (κ2) is 8.19. The Morgan fingerprint density at radius 3 is 2.57 bits per heavy atom. The van der Waals surface area contributed by atoms with E-state index in [0.717, 1.165) is 41.9 Å². The van der Waals surface area contributed by atoms with Crippen LogP contribution in [0.25, 0.3) is 10.9 Å². The number of benzene rings is 2. The third-order valence-corrected chi connectivity index (χ3v) is 5.54. The summed E-state index contributed by atoms with van der Waals surface area (Å²) in [6.45, 7) is 7.79. The predicted octanol–water partition coefficient (Wildman–Crippen LogP) is 5.24. The lowest BCUT2D eigenvalue weighted by atomic mass is 10.0. The van der Waals surface area contributed by atoms with Gasteiger partial charge in [-0.15, -0.1) is 0 Å². The number of pyridine rings is 1. The molecule has 1 aliphatic heterocycles. The topological polar surface area (TPSA) is 45.6 Å². The Morgan fingerprint density at radius 1 is 1.11 bits per heavy atom. The lowest BCUT2D eigenvalue weighted by Crippen LogP contribution is -2.18. The molecule has 4 nitrogen and oxygen atoms in total. The van der Waals surface area contributed by atoms with Gasteiger partial charge in [0.2, 0.25) is 0 Å². The SMILES string of the molecule is CC(C)c1ccc(COc2cc(CN3CCCC3)c(O)c3ncccc23)cc1. The van der Waals surface area contributed by atoms with Crippen molar-refractivity contribution < 1.29 is 9.84 Å². The number of rotatable bonds is 6. The Hall–Kier alpha value is -2.59. The van der Waals surface area contributed by atoms with Crippen molar-refractivity contribution >= 4 is 10.9 Å². The fourth-order valence-electron chi connectivity index (χ4n) is 3.83. The number of aromatic nitrogens is 1. The fourth-order valence-corrected chi connectivity index (χ4v) is 3.83. The summed E-state index contributed by atoms with van der Waals surface area (Å²) >= 11 is 0. The smallest absolute Gasteiger partial charge is 0.146 e. The van der Waals surface area contributed by atoms with Gasteiger partial charge in [0.05, 0.1) is 0 Å². The number of aromatic hydroxyl groups is 1. The van der Waals surface area contributed by atoms with E-state index in [1.807, 2.05) is 18.2 Å². The Bertz CT molecular complexity index is 945. The number of phenolic OH excluding ortho intramolecular Hbond substituents is 1. The van der Waals surface area contributed by atoms with Gasteiger partial charge in [-0.25, -0.2) is 0 Å². The molecule has 0 aliphatic carbocycles. The number of phenols is 1. The van der Waals surface area contributed by atoms with Gasteiger partial charge >= 0.3 is 0 Å². The Morgan fingerprint density at radius 2 is 1.86 bits per heavy atom. The molecule has 0 radical (unpaired) electrons. The number of hydrogen-bond acceptors (Lipinski definition) is 4. The minimum atomic E-state index is 0.274. The van der Waals surface area contributed by atoms with Crippen LogP contribution in [0.4, 0.5) is 0 Å². The van der Waals surface area contributed by atoms with Crippen LogP contribution in [0, 0.1) is 0 Å². The largest absolute Gasteiger partial charge is 0.505 e. The molecule has 0 unspecified atom stereocenters. The van der Waals surface area contributed by atoms with Gasteiger partial charge in [0.15, 0.2) is 0 Å². The van der Waals surface area contributed by atoms with Crippen LogP contribution in [0.5, 0.6) is 11.5 Å². The first kappa shape index (κ1) is 18.8. The van der Waals surface area contributed by atoms with Gasteiger partial charge in [0, 0.05) is 23.7 Å². The van der Waals surface area contributed by atoms with E-state index in [2.05, 4.69) is 48.0 Å². The molecule has 0 saturated carbocycles. The van der Waals surface area contributed by atoms with Gasteiger partial charge in [-0.1, -0.05) is 38.1 Å². The first-order chi connectivity index (χ1) is 13.6. The van der Waals surface area contributed by atoms with Crippen LogP contribution >= 0.6 is 0 Å². The molecule has 1 aromatic heterocycles. The maximum atomic E-state index is 10.8. The summed E-state index contributed by atoms with van der Waals surface area (Å²) in [6.07, 6.45) is 4.17. The molecule has 4 rings (SSSR count). The first-order valence-corrected chi connectivity index (χ1v) is 10.2. The van der Waals surface area contributed by atoms with Crippen LogP contribution in [0.15, 0.2) is 48.7 Å². The number of hydrogen-bond donors (Lipinski definition) is 1. The normalized spacial score (nSPS) is 14.8. The molecule has 1 aliphatic rings. The standard InChI is InChI=1S/C24H28N2O2/c1-17(2)19-9-7-18(8-10-19)16-28-22-14-20(15-26-12-3-4-13-26)24(27)23-21(22)6-5-11-25-23/h5-11,14,17,27H,3-4,12-13,15-16H2,1-2H3. The van der Waals surface area contributed by atoms with E-state index in [0.29, 0.717) is 18.0 Å². The third kappa shape index (κ3) is 3.97. The highest BCUT2D eigenvalue weighted by Gasteiger charge is 2.18. The molecule has 2 aromatic carbocycles. The van der Waals surface area contributed by atoms with E-state index >= 15 is 0 Å². The molecule has 0 amide bonds. The van der Waals surface area contributed by atoms with E-state index in [9.17, 15) is 5.11 Å². The third-order valence-electron chi connectivity index (χ3n) is 5.54. The molecule has 0 atom stereocenters. The van der Waals surface area contributed by atoms with Crippen molar-refractivity contribution in [2.75, 3.05) is 13.1 Å². The monoisotopic (exact) mass is 376 g/mol. The van der Waals surface area contributed by atoms with Gasteiger partial charge in [-0.2, -0.15) is 0 Å². The maximum Gasteiger partial charge on any atom is 0.146 e. The van der Waals surface area contributed by atoms with Gasteiger partial charge in [0.25, 0.3) is 0 Å². The molecule has 1 saturated heterocycles. The molecule has 0 bridgehead atoms. The summed E-state index contributed by atoms with van der Waals surface area (Å²) in [6, 6.07) is 14.4. The zero-order valence-electron chi connectivity index (χ0n) is 16.7. The molecular weight excluding hydrogens is 348 g/mol. The van der Waals surface area contributed by atoms with Crippen molar-refractivity contribution in [3.8, 4) is 11.5 Å². The zero-order chi connectivity index (χ0) is 19.5. The summed E-state index contributed by atoms with van der Waals surface area (Å²) in [7, 11) is 0. The Labute approximate surface area is 166 Å². The molecule has 1 N–H and O–H groups in total. The van der Waals surface area contributed by atoms with Crippen LogP contribution in [-0.2, 0) is 13.2 Å². The summed E-state index contributed by atoms with van der Waals surface area (Å²) in [4.78, 5) is 6.79. The zero-order valence-corrected chi connectivity index (χ0v) is 16.7. The molecule has 146 valence electrons. The van der Waals surface area contributed by atoms with Gasteiger partial charge < -0.3 is 9.84 Å². The lowest BCUT2D eigenvalue weighted by Gasteiger charge is -2.18. The van der Waals surface area contributed by atoms with Crippen molar-refractivity contribution in [2.45, 2.75) is 45.8 Å². The van der Waals surface area contributed by atoms with Crippen molar-refractivity contribution in [1.82, 2.24) is 9.88 Å². The predicted molar refractivity (Wildman–Crippen MR) is 113 cm³/mol. The molecule has 28 heavy (non-hydrogen) atoms. The van der Waals surface area contributed by atoms with E-state index in [1.165, 1.54) is 18.4 Å².